The van der Waals surface area contributed by atoms with Crippen molar-refractivity contribution in [3.63, 3.8) is 0 Å². The van der Waals surface area contributed by atoms with Gasteiger partial charge in [-0.1, -0.05) is 12.8 Å². The molecule has 4 nitrogen and oxygen atoms in total. The predicted octanol–water partition coefficient (Wildman–Crippen LogP) is 1.73. The standard InChI is InChI=1S/C12H14F3N3O/c13-8-5-9(14)12(17-11(8)15)18(6-10(16)19)7-3-1-2-4-7/h5,7H,1-4,6H2,(H2,16,19). The molecule has 0 bridgehead atoms. The summed E-state index contributed by atoms with van der Waals surface area (Å²) in [6.07, 6.45) is 3.36. The topological polar surface area (TPSA) is 59.2 Å². The van der Waals surface area contributed by atoms with Gasteiger partial charge >= 0.3 is 0 Å². The van der Waals surface area contributed by atoms with E-state index in [1.54, 1.807) is 0 Å². The first-order valence-corrected chi connectivity index (χ1v) is 6.05. The molecule has 1 aliphatic carbocycles. The van der Waals surface area contributed by atoms with Crippen molar-refractivity contribution in [3.8, 4) is 0 Å². The van der Waals surface area contributed by atoms with E-state index in [9.17, 15) is 18.0 Å². The third kappa shape index (κ3) is 2.97. The highest BCUT2D eigenvalue weighted by atomic mass is 19.2. The fourth-order valence-electron chi connectivity index (χ4n) is 2.40. The van der Waals surface area contributed by atoms with Crippen LogP contribution in [0.5, 0.6) is 0 Å². The molecule has 1 heterocycles. The van der Waals surface area contributed by atoms with Crippen molar-refractivity contribution in [2.24, 2.45) is 5.73 Å². The maximum absolute atomic E-state index is 13.7. The summed E-state index contributed by atoms with van der Waals surface area (Å²) in [4.78, 5) is 15.7. The number of amides is 1. The van der Waals surface area contributed by atoms with Crippen molar-refractivity contribution in [3.05, 3.63) is 23.6 Å². The molecular weight excluding hydrogens is 259 g/mol. The number of carbonyl (C=O) groups excluding carboxylic acids is 1. The van der Waals surface area contributed by atoms with Crippen LogP contribution in [-0.2, 0) is 4.79 Å². The molecule has 1 amide bonds. The second-order valence-electron chi connectivity index (χ2n) is 4.60. The molecule has 1 saturated carbocycles. The Morgan fingerprint density at radius 2 is 1.95 bits per heavy atom. The number of nitrogens with zero attached hydrogens (tertiary/aromatic N) is 2. The Morgan fingerprint density at radius 3 is 2.53 bits per heavy atom. The molecule has 1 fully saturated rings. The first-order valence-electron chi connectivity index (χ1n) is 6.05. The molecule has 7 heteroatoms. The number of hydrogen-bond donors (Lipinski definition) is 1. The molecule has 2 N–H and O–H groups in total. The highest BCUT2D eigenvalue weighted by Gasteiger charge is 2.28. The van der Waals surface area contributed by atoms with Gasteiger partial charge in [-0.25, -0.2) is 8.78 Å². The van der Waals surface area contributed by atoms with Crippen LogP contribution in [0.4, 0.5) is 19.0 Å². The number of anilines is 1. The minimum Gasteiger partial charge on any atom is -0.368 e. The summed E-state index contributed by atoms with van der Waals surface area (Å²) in [7, 11) is 0. The quantitative estimate of drug-likeness (QED) is 0.850. The van der Waals surface area contributed by atoms with Gasteiger partial charge in [0.1, 0.15) is 0 Å². The number of rotatable bonds is 4. The van der Waals surface area contributed by atoms with Gasteiger partial charge in [-0.15, -0.1) is 0 Å². The van der Waals surface area contributed by atoms with Gasteiger partial charge in [0.25, 0.3) is 5.95 Å². The summed E-state index contributed by atoms with van der Waals surface area (Å²) in [6.45, 7) is -0.264. The zero-order valence-corrected chi connectivity index (χ0v) is 10.2. The van der Waals surface area contributed by atoms with Crippen LogP contribution < -0.4 is 10.6 Å². The van der Waals surface area contributed by atoms with Crippen LogP contribution in [0.15, 0.2) is 6.07 Å². The van der Waals surface area contributed by atoms with Crippen LogP contribution in [0, 0.1) is 17.6 Å². The second kappa shape index (κ2) is 5.46. The van der Waals surface area contributed by atoms with Crippen LogP contribution in [0.2, 0.25) is 0 Å². The zero-order chi connectivity index (χ0) is 14.0. The third-order valence-electron chi connectivity index (χ3n) is 3.23. The van der Waals surface area contributed by atoms with Crippen molar-refractivity contribution >= 4 is 11.7 Å². The fraction of sp³-hybridized carbons (Fsp3) is 0.500. The Morgan fingerprint density at radius 1 is 1.32 bits per heavy atom. The molecule has 1 aromatic rings. The zero-order valence-electron chi connectivity index (χ0n) is 10.2. The van der Waals surface area contributed by atoms with E-state index in [2.05, 4.69) is 4.98 Å². The minimum absolute atomic E-state index is 0.126. The van der Waals surface area contributed by atoms with Crippen molar-refractivity contribution in [2.75, 3.05) is 11.4 Å². The van der Waals surface area contributed by atoms with Gasteiger partial charge in [0.2, 0.25) is 5.91 Å². The van der Waals surface area contributed by atoms with Gasteiger partial charge in [-0.3, -0.25) is 4.79 Å². The molecule has 0 spiro atoms. The molecule has 0 saturated heterocycles. The molecular formula is C12H14F3N3O. The minimum atomic E-state index is -1.39. The summed E-state index contributed by atoms with van der Waals surface area (Å²) in [6, 6.07) is 0.306. The van der Waals surface area contributed by atoms with E-state index in [1.807, 2.05) is 0 Å². The molecule has 0 aliphatic heterocycles. The van der Waals surface area contributed by atoms with Crippen LogP contribution >= 0.6 is 0 Å². The van der Waals surface area contributed by atoms with Crippen LogP contribution in [-0.4, -0.2) is 23.5 Å². The number of halogens is 3. The first kappa shape index (κ1) is 13.6. The number of primary amides is 1. The molecule has 0 radical (unpaired) electrons. The molecule has 1 aromatic heterocycles. The van der Waals surface area contributed by atoms with Gasteiger partial charge in [0, 0.05) is 12.1 Å². The lowest BCUT2D eigenvalue weighted by Crippen LogP contribution is -2.41. The molecule has 104 valence electrons. The van der Waals surface area contributed by atoms with Crippen molar-refractivity contribution in [1.82, 2.24) is 4.98 Å². The Labute approximate surface area is 108 Å². The van der Waals surface area contributed by atoms with Gasteiger partial charge in [-0.2, -0.15) is 9.37 Å². The normalized spacial score (nSPS) is 15.7. The maximum atomic E-state index is 13.7. The largest absolute Gasteiger partial charge is 0.368 e. The summed E-state index contributed by atoms with van der Waals surface area (Å²) in [5.74, 6) is -4.76. The van der Waals surface area contributed by atoms with E-state index in [0.717, 1.165) is 25.7 Å². The smallest absolute Gasteiger partial charge is 0.251 e. The number of aromatic nitrogens is 1. The van der Waals surface area contributed by atoms with Crippen molar-refractivity contribution in [2.45, 2.75) is 31.7 Å². The molecule has 2 rings (SSSR count). The molecule has 19 heavy (non-hydrogen) atoms. The summed E-state index contributed by atoms with van der Waals surface area (Å²) in [5, 5.41) is 0. The maximum Gasteiger partial charge on any atom is 0.251 e. The molecule has 1 aliphatic rings. The van der Waals surface area contributed by atoms with E-state index in [4.69, 9.17) is 5.73 Å². The van der Waals surface area contributed by atoms with Gasteiger partial charge in [0.15, 0.2) is 17.5 Å². The van der Waals surface area contributed by atoms with Crippen molar-refractivity contribution in [1.29, 1.82) is 0 Å². The fourth-order valence-corrected chi connectivity index (χ4v) is 2.40. The molecule has 0 unspecified atom stereocenters. The van der Waals surface area contributed by atoms with Crippen LogP contribution in [0.1, 0.15) is 25.7 Å². The Bertz CT molecular complexity index is 489. The lowest BCUT2D eigenvalue weighted by atomic mass is 10.2. The second-order valence-corrected chi connectivity index (χ2v) is 4.60. The first-order chi connectivity index (χ1) is 8.99. The number of hydrogen-bond acceptors (Lipinski definition) is 3. The molecule has 0 atom stereocenters. The highest BCUT2D eigenvalue weighted by molar-refractivity contribution is 5.79. The van der Waals surface area contributed by atoms with Crippen molar-refractivity contribution < 1.29 is 18.0 Å². The summed E-state index contributed by atoms with van der Waals surface area (Å²) >= 11 is 0. The summed E-state index contributed by atoms with van der Waals surface area (Å²) < 4.78 is 39.7. The Kier molecular flexibility index (Phi) is 3.92. The van der Waals surface area contributed by atoms with Gasteiger partial charge in [0.05, 0.1) is 6.54 Å². The average Bonchev–Trinajstić information content (AvgIpc) is 2.84. The van der Waals surface area contributed by atoms with Crippen LogP contribution in [0.25, 0.3) is 0 Å². The Hall–Kier alpha value is -1.79. The van der Waals surface area contributed by atoms with E-state index in [-0.39, 0.29) is 18.4 Å². The highest BCUT2D eigenvalue weighted by Crippen LogP contribution is 2.29. The van der Waals surface area contributed by atoms with E-state index >= 15 is 0 Å². The Balaban J connectivity index is 2.36. The van der Waals surface area contributed by atoms with Crippen LogP contribution in [0.3, 0.4) is 0 Å². The number of pyridine rings is 1. The van der Waals surface area contributed by atoms with Gasteiger partial charge in [-0.05, 0) is 12.8 Å². The third-order valence-corrected chi connectivity index (χ3v) is 3.23. The number of nitrogens with two attached hydrogens (primary N) is 1. The van der Waals surface area contributed by atoms with E-state index in [0.29, 0.717) is 6.07 Å². The van der Waals surface area contributed by atoms with Gasteiger partial charge < -0.3 is 10.6 Å². The number of carbonyl (C=O) groups is 1. The predicted molar refractivity (Wildman–Crippen MR) is 62.9 cm³/mol. The molecule has 0 aromatic carbocycles. The summed E-state index contributed by atoms with van der Waals surface area (Å²) in [5.41, 5.74) is 5.12. The monoisotopic (exact) mass is 273 g/mol. The lowest BCUT2D eigenvalue weighted by molar-refractivity contribution is -0.116. The van der Waals surface area contributed by atoms with E-state index in [1.165, 1.54) is 4.90 Å². The lowest BCUT2D eigenvalue weighted by Gasteiger charge is -2.29. The average molecular weight is 273 g/mol. The van der Waals surface area contributed by atoms with E-state index < -0.39 is 23.5 Å². The SMILES string of the molecule is NC(=O)CN(c1nc(F)c(F)cc1F)C1CCCC1.